The third kappa shape index (κ3) is 4.90. The molecule has 0 N–H and O–H groups in total. The maximum atomic E-state index is 2.67. The average molecular weight is 679 g/mol. The van der Waals surface area contributed by atoms with Gasteiger partial charge in [-0.25, -0.2) is 0 Å². The fourth-order valence-corrected chi connectivity index (χ4v) is 10.8. The highest BCUT2D eigenvalue weighted by molar-refractivity contribution is 7.33. The predicted octanol–water partition coefficient (Wildman–Crippen LogP) is 13.2. The molecule has 50 heavy (non-hydrogen) atoms. The average Bonchev–Trinajstić information content (AvgIpc) is 3.71. The first kappa shape index (κ1) is 29.5. The van der Waals surface area contributed by atoms with Gasteiger partial charge in [-0.05, 0) is 53.6 Å². The quantitative estimate of drug-likeness (QED) is 0.173. The molecule has 6 aromatic carbocycles. The van der Waals surface area contributed by atoms with E-state index in [1.165, 1.54) is 68.5 Å². The van der Waals surface area contributed by atoms with Gasteiger partial charge in [-0.2, -0.15) is 0 Å². The number of nitrogens with zero attached hydrogens (tertiary/aromatic N) is 2. The van der Waals surface area contributed by atoms with Crippen LogP contribution in [-0.4, -0.2) is 12.1 Å². The molecule has 0 aliphatic heterocycles. The highest BCUT2D eigenvalue weighted by Crippen LogP contribution is 2.48. The zero-order chi connectivity index (χ0) is 33.0. The summed E-state index contributed by atoms with van der Waals surface area (Å²) in [6.45, 7) is 0. The maximum Gasteiger partial charge on any atom is 0.0540 e. The number of allylic oxidation sites excluding steroid dienone is 2. The highest BCUT2D eigenvalue weighted by Gasteiger charge is 2.30. The lowest BCUT2D eigenvalue weighted by atomic mass is 9.95. The summed E-state index contributed by atoms with van der Waals surface area (Å²) in [5.41, 5.74) is 6.26. The van der Waals surface area contributed by atoms with Crippen molar-refractivity contribution < 1.29 is 0 Å². The van der Waals surface area contributed by atoms with Gasteiger partial charge in [0, 0.05) is 54.8 Å². The highest BCUT2D eigenvalue weighted by atomic mass is 32.1. The van der Waals surface area contributed by atoms with Crippen molar-refractivity contribution in [2.75, 3.05) is 9.80 Å². The molecule has 0 saturated heterocycles. The second-order valence-electron chi connectivity index (χ2n) is 13.2. The Morgan fingerprint density at radius 3 is 2.04 bits per heavy atom. The van der Waals surface area contributed by atoms with Crippen molar-refractivity contribution in [2.45, 2.75) is 24.9 Å². The van der Waals surface area contributed by atoms with Crippen molar-refractivity contribution in [3.05, 3.63) is 174 Å². The van der Waals surface area contributed by atoms with Gasteiger partial charge in [0.2, 0.25) is 0 Å². The number of thiophene rings is 2. The van der Waals surface area contributed by atoms with E-state index in [4.69, 9.17) is 0 Å². The minimum atomic E-state index is 0.278. The third-order valence-electron chi connectivity index (χ3n) is 10.3. The van der Waals surface area contributed by atoms with Crippen LogP contribution in [0.5, 0.6) is 0 Å². The van der Waals surface area contributed by atoms with E-state index < -0.39 is 0 Å². The van der Waals surface area contributed by atoms with Gasteiger partial charge in [0.15, 0.2) is 0 Å². The van der Waals surface area contributed by atoms with E-state index >= 15 is 0 Å². The smallest absolute Gasteiger partial charge is 0.0540 e. The van der Waals surface area contributed by atoms with Crippen LogP contribution in [0, 0.1) is 0 Å². The topological polar surface area (TPSA) is 6.48 Å². The Bertz CT molecular complexity index is 2630. The second-order valence-corrected chi connectivity index (χ2v) is 15.4. The zero-order valence-electron chi connectivity index (χ0n) is 27.4. The minimum absolute atomic E-state index is 0.278. The summed E-state index contributed by atoms with van der Waals surface area (Å²) < 4.78 is 4.17. The first-order chi connectivity index (χ1) is 24.8. The second kappa shape index (κ2) is 12.2. The predicted molar refractivity (Wildman–Crippen MR) is 219 cm³/mol. The lowest BCUT2D eigenvalue weighted by molar-refractivity contribution is 0.615. The molecule has 2 unspecified atom stereocenters. The summed E-state index contributed by atoms with van der Waals surface area (Å²) in [7, 11) is 0. The van der Waals surface area contributed by atoms with Gasteiger partial charge < -0.3 is 9.80 Å². The number of fused-ring (bicyclic) bond motifs is 7. The van der Waals surface area contributed by atoms with E-state index in [9.17, 15) is 0 Å². The molecule has 0 bridgehead atoms. The summed E-state index contributed by atoms with van der Waals surface area (Å²) in [6, 6.07) is 49.3. The normalized spacial score (nSPS) is 16.8. The Morgan fingerprint density at radius 1 is 0.540 bits per heavy atom. The lowest BCUT2D eigenvalue weighted by Crippen LogP contribution is -2.43. The summed E-state index contributed by atoms with van der Waals surface area (Å²) in [4.78, 5) is 6.57. The number of hydrogen-bond acceptors (Lipinski definition) is 4. The molecule has 10 rings (SSSR count). The first-order valence-corrected chi connectivity index (χ1v) is 19.0. The molecule has 4 heteroatoms. The Labute approximate surface area is 300 Å². The van der Waals surface area contributed by atoms with Gasteiger partial charge in [-0.3, -0.25) is 0 Å². The van der Waals surface area contributed by atoms with Crippen molar-refractivity contribution >= 4 is 92.5 Å². The summed E-state index contributed by atoms with van der Waals surface area (Å²) in [5.74, 6) is 0. The van der Waals surface area contributed by atoms with E-state index in [-0.39, 0.29) is 6.04 Å². The molecule has 0 amide bonds. The molecule has 240 valence electrons. The van der Waals surface area contributed by atoms with Crippen LogP contribution in [0.4, 0.5) is 22.7 Å². The van der Waals surface area contributed by atoms with E-state index in [0.717, 1.165) is 18.5 Å². The number of rotatable bonds is 6. The van der Waals surface area contributed by atoms with E-state index in [0.29, 0.717) is 6.04 Å². The Balaban J connectivity index is 1.05. The Morgan fingerprint density at radius 2 is 1.26 bits per heavy atom. The Kier molecular flexibility index (Phi) is 7.18. The lowest BCUT2D eigenvalue weighted by Gasteiger charge is -2.39. The molecular formula is C46H34N2S2. The van der Waals surface area contributed by atoms with Crippen molar-refractivity contribution in [2.24, 2.45) is 0 Å². The van der Waals surface area contributed by atoms with Gasteiger partial charge >= 0.3 is 0 Å². The summed E-state index contributed by atoms with van der Waals surface area (Å²) in [6.07, 6.45) is 16.0. The number of benzene rings is 6. The standard InChI is InChI=1S/C46H34N2S2/c1-3-17-33(18-4-1)47(41-23-11-15-31-13-7-9-21-37(31)41)35-25-27-39-43(29-35)49-46-40-28-26-36(30-44(40)50-45(39)46)48(34-19-5-2-6-20-34)42-24-12-16-32-14-8-10-22-38(32)42/h1-19,21-29,34,36H,20,30H2. The molecule has 0 fully saturated rings. The third-order valence-corrected chi connectivity index (χ3v) is 12.9. The van der Waals surface area contributed by atoms with Crippen molar-refractivity contribution in [1.82, 2.24) is 0 Å². The van der Waals surface area contributed by atoms with Crippen molar-refractivity contribution in [3.63, 3.8) is 0 Å². The van der Waals surface area contributed by atoms with Crippen LogP contribution >= 0.6 is 22.7 Å². The zero-order valence-corrected chi connectivity index (χ0v) is 29.1. The van der Waals surface area contributed by atoms with E-state index in [2.05, 4.69) is 180 Å². The molecule has 0 spiro atoms. The summed E-state index contributed by atoms with van der Waals surface area (Å²) in [5, 5.41) is 6.46. The van der Waals surface area contributed by atoms with Gasteiger partial charge in [0.1, 0.15) is 0 Å². The van der Waals surface area contributed by atoms with E-state index in [1.807, 2.05) is 22.7 Å². The molecule has 0 saturated carbocycles. The number of hydrogen-bond donors (Lipinski definition) is 0. The summed E-state index contributed by atoms with van der Waals surface area (Å²) >= 11 is 3.94. The van der Waals surface area contributed by atoms with Gasteiger partial charge in [-0.15, -0.1) is 22.7 Å². The fourth-order valence-electron chi connectivity index (χ4n) is 7.98. The number of para-hydroxylation sites is 1. The Hall–Kier alpha value is -5.42. The largest absolute Gasteiger partial charge is 0.357 e. The number of anilines is 4. The van der Waals surface area contributed by atoms with Crippen LogP contribution in [0.3, 0.4) is 0 Å². The molecule has 2 aromatic heterocycles. The van der Waals surface area contributed by atoms with Crippen molar-refractivity contribution in [3.8, 4) is 0 Å². The van der Waals surface area contributed by atoms with Crippen LogP contribution in [0.2, 0.25) is 0 Å². The first-order valence-electron chi connectivity index (χ1n) is 17.4. The van der Waals surface area contributed by atoms with Gasteiger partial charge in [0.05, 0.1) is 27.2 Å². The maximum absolute atomic E-state index is 2.67. The van der Waals surface area contributed by atoms with Crippen LogP contribution in [0.25, 0.3) is 47.1 Å². The SMILES string of the molecule is C1=CCC(N(c2cccc3ccccc23)C2C=Cc3c(sc4c3sc3cc(N(c5ccccc5)c5cccc6ccccc56)ccc34)C2)C=C1. The van der Waals surface area contributed by atoms with Crippen LogP contribution in [-0.2, 0) is 6.42 Å². The molecule has 8 aromatic rings. The molecule has 0 radical (unpaired) electrons. The van der Waals surface area contributed by atoms with Crippen LogP contribution < -0.4 is 9.80 Å². The monoisotopic (exact) mass is 678 g/mol. The molecular weight excluding hydrogens is 645 g/mol. The van der Waals surface area contributed by atoms with Crippen LogP contribution in [0.15, 0.2) is 164 Å². The minimum Gasteiger partial charge on any atom is -0.357 e. The molecule has 2 nitrogen and oxygen atoms in total. The molecule has 2 aliphatic rings. The molecule has 2 aliphatic carbocycles. The van der Waals surface area contributed by atoms with Gasteiger partial charge in [-0.1, -0.05) is 134 Å². The fraction of sp³-hybridized carbons (Fsp3) is 0.0870. The van der Waals surface area contributed by atoms with E-state index in [1.54, 1.807) is 0 Å². The van der Waals surface area contributed by atoms with Crippen LogP contribution in [0.1, 0.15) is 16.9 Å². The molecule has 2 heterocycles. The van der Waals surface area contributed by atoms with Gasteiger partial charge in [0.25, 0.3) is 0 Å². The molecule has 2 atom stereocenters. The van der Waals surface area contributed by atoms with Crippen molar-refractivity contribution in [1.29, 1.82) is 0 Å².